The van der Waals surface area contributed by atoms with Gasteiger partial charge in [-0.05, 0) is 27.7 Å². The van der Waals surface area contributed by atoms with Crippen molar-refractivity contribution in [2.24, 2.45) is 4.74 Å². The molecule has 1 atom stereocenters. The third kappa shape index (κ3) is 4.65. The predicted octanol–water partition coefficient (Wildman–Crippen LogP) is 2.55. The third-order valence-electron chi connectivity index (χ3n) is 0.893. The van der Waals surface area contributed by atoms with Gasteiger partial charge in [0.25, 0.3) is 0 Å². The summed E-state index contributed by atoms with van der Waals surface area (Å²) in [6.07, 6.45) is 0. The maximum Gasteiger partial charge on any atom is 0.473 e. The zero-order valence-electron chi connectivity index (χ0n) is 6.63. The van der Waals surface area contributed by atoms with Crippen LogP contribution in [0.4, 0.5) is 0 Å². The Morgan fingerprint density at radius 1 is 1.22 bits per heavy atom. The Hall–Kier alpha value is 0.165. The van der Waals surface area contributed by atoms with Crippen molar-refractivity contribution in [1.82, 2.24) is 0 Å². The molecule has 0 heterocycles. The van der Waals surface area contributed by atoms with Crippen molar-refractivity contribution in [2.75, 3.05) is 0 Å². The first-order valence-electron chi connectivity index (χ1n) is 3.28. The molecule has 0 bridgehead atoms. The van der Waals surface area contributed by atoms with Crippen LogP contribution in [-0.4, -0.2) is 19.3 Å². The van der Waals surface area contributed by atoms with E-state index in [-0.39, 0.29) is 0 Å². The van der Waals surface area contributed by atoms with Crippen LogP contribution in [0.15, 0.2) is 4.74 Å². The monoisotopic (exact) mass is 142 g/mol. The molecule has 0 spiro atoms. The van der Waals surface area contributed by atoms with Gasteiger partial charge in [0.05, 0.1) is 6.04 Å². The molecule has 0 aliphatic heterocycles. The standard InChI is InChI=1S/C6H14BNP/c1-5(2)8-9(7)6(3)4/h5-6H,1-4H3/q+1. The summed E-state index contributed by atoms with van der Waals surface area (Å²) in [4.78, 5) is 0. The van der Waals surface area contributed by atoms with Crippen LogP contribution in [0.25, 0.3) is 0 Å². The van der Waals surface area contributed by atoms with Gasteiger partial charge in [-0.25, -0.2) is 0 Å². The molecule has 0 aliphatic carbocycles. The largest absolute Gasteiger partial charge is 0.473 e. The molecule has 0 saturated carbocycles. The fourth-order valence-electron chi connectivity index (χ4n) is 0.400. The lowest BCUT2D eigenvalue weighted by molar-refractivity contribution is 0.846. The van der Waals surface area contributed by atoms with Gasteiger partial charge >= 0.3 is 7.57 Å². The van der Waals surface area contributed by atoms with E-state index in [1.165, 1.54) is 0 Å². The summed E-state index contributed by atoms with van der Waals surface area (Å²) < 4.78 is 4.32. The van der Waals surface area contributed by atoms with E-state index in [1.807, 2.05) is 0 Å². The highest BCUT2D eigenvalue weighted by Gasteiger charge is 2.10. The van der Waals surface area contributed by atoms with Gasteiger partial charge in [0.2, 0.25) is 0 Å². The molecule has 0 saturated heterocycles. The van der Waals surface area contributed by atoms with Gasteiger partial charge in [-0.2, -0.15) is 0 Å². The van der Waals surface area contributed by atoms with Crippen LogP contribution in [-0.2, 0) is 0 Å². The maximum atomic E-state index is 5.72. The summed E-state index contributed by atoms with van der Waals surface area (Å²) in [6, 6.07) is 0.392. The number of hydrogen-bond acceptors (Lipinski definition) is 1. The molecule has 3 heteroatoms. The molecule has 0 fully saturated rings. The van der Waals surface area contributed by atoms with E-state index >= 15 is 0 Å². The van der Waals surface area contributed by atoms with Crippen molar-refractivity contribution in [1.29, 1.82) is 0 Å². The van der Waals surface area contributed by atoms with Crippen molar-refractivity contribution in [2.45, 2.75) is 39.4 Å². The van der Waals surface area contributed by atoms with E-state index in [4.69, 9.17) is 7.57 Å². The summed E-state index contributed by atoms with van der Waals surface area (Å²) in [7, 11) is 5.16. The van der Waals surface area contributed by atoms with Gasteiger partial charge in [-0.15, -0.1) is 4.74 Å². The van der Waals surface area contributed by atoms with Crippen LogP contribution in [0, 0.1) is 0 Å². The van der Waals surface area contributed by atoms with E-state index in [1.54, 1.807) is 0 Å². The first-order valence-corrected chi connectivity index (χ1v) is 4.72. The second-order valence-electron chi connectivity index (χ2n) is 2.68. The zero-order chi connectivity index (χ0) is 7.44. The van der Waals surface area contributed by atoms with Crippen LogP contribution in [0.2, 0.25) is 0 Å². The average molecular weight is 142 g/mol. The first-order chi connectivity index (χ1) is 4.04. The number of hydrogen-bond donors (Lipinski definition) is 0. The molecule has 1 nitrogen and oxygen atoms in total. The van der Waals surface area contributed by atoms with Crippen LogP contribution in [0.3, 0.4) is 0 Å². The minimum atomic E-state index is -0.554. The Kier molecular flexibility index (Phi) is 4.13. The van der Waals surface area contributed by atoms with Gasteiger partial charge in [-0.3, -0.25) is 0 Å². The van der Waals surface area contributed by atoms with Crippen LogP contribution in [0.5, 0.6) is 0 Å². The Balaban J connectivity index is 3.84. The summed E-state index contributed by atoms with van der Waals surface area (Å²) in [6.45, 7) is 8.34. The van der Waals surface area contributed by atoms with Crippen molar-refractivity contribution in [3.05, 3.63) is 0 Å². The van der Waals surface area contributed by atoms with Crippen LogP contribution in [0.1, 0.15) is 27.7 Å². The highest BCUT2D eigenvalue weighted by molar-refractivity contribution is 7.74. The highest BCUT2D eigenvalue weighted by atomic mass is 31.1. The zero-order valence-corrected chi connectivity index (χ0v) is 7.52. The van der Waals surface area contributed by atoms with Crippen molar-refractivity contribution in [3.63, 3.8) is 0 Å². The lowest BCUT2D eigenvalue weighted by Gasteiger charge is -1.93. The summed E-state index contributed by atoms with van der Waals surface area (Å²) >= 11 is 0. The molecule has 2 radical (unpaired) electrons. The smallest absolute Gasteiger partial charge is 0.130 e. The van der Waals surface area contributed by atoms with Crippen LogP contribution < -0.4 is 0 Å². The van der Waals surface area contributed by atoms with Gasteiger partial charge in [0.15, 0.2) is 0 Å². The third-order valence-corrected chi connectivity index (χ3v) is 2.68. The molecule has 50 valence electrons. The van der Waals surface area contributed by atoms with Crippen molar-refractivity contribution < 1.29 is 0 Å². The van der Waals surface area contributed by atoms with Gasteiger partial charge in [0, 0.05) is 0 Å². The Morgan fingerprint density at radius 2 is 1.67 bits per heavy atom. The molecule has 0 aromatic carbocycles. The Bertz CT molecular complexity index is 110. The molecule has 0 rings (SSSR count). The fraction of sp³-hybridized carbons (Fsp3) is 1.00. The van der Waals surface area contributed by atoms with E-state index in [0.29, 0.717) is 11.7 Å². The fourth-order valence-corrected chi connectivity index (χ4v) is 1.20. The topological polar surface area (TPSA) is 12.4 Å². The lowest BCUT2D eigenvalue weighted by Crippen LogP contribution is -1.90. The minimum absolute atomic E-state index is 0.392. The van der Waals surface area contributed by atoms with E-state index < -0.39 is 7.59 Å². The molecular weight excluding hydrogens is 128 g/mol. The normalized spacial score (nSPS) is 13.3. The molecule has 0 N–H and O–H groups in total. The van der Waals surface area contributed by atoms with E-state index in [2.05, 4.69) is 32.4 Å². The molecule has 9 heavy (non-hydrogen) atoms. The SMILES string of the molecule is [B][P+](=NC(C)C)C(C)C. The molecule has 0 amide bonds. The molecule has 1 unspecified atom stereocenters. The predicted molar refractivity (Wildman–Crippen MR) is 45.4 cm³/mol. The first kappa shape index (κ1) is 9.16. The second kappa shape index (κ2) is 4.06. The van der Waals surface area contributed by atoms with E-state index in [9.17, 15) is 0 Å². The van der Waals surface area contributed by atoms with Gasteiger partial charge < -0.3 is 0 Å². The molecule has 0 aromatic rings. The lowest BCUT2D eigenvalue weighted by atomic mass is 10.4. The van der Waals surface area contributed by atoms with Crippen LogP contribution >= 0.6 is 7.59 Å². The van der Waals surface area contributed by atoms with Crippen molar-refractivity contribution in [3.8, 4) is 0 Å². The number of nitrogens with zero attached hydrogens (tertiary/aromatic N) is 1. The molecule has 0 aromatic heterocycles. The second-order valence-corrected chi connectivity index (χ2v) is 4.71. The highest BCUT2D eigenvalue weighted by Crippen LogP contribution is 2.26. The quantitative estimate of drug-likeness (QED) is 0.415. The number of rotatable bonds is 2. The van der Waals surface area contributed by atoms with Crippen molar-refractivity contribution >= 4 is 15.2 Å². The van der Waals surface area contributed by atoms with E-state index in [0.717, 1.165) is 0 Å². The minimum Gasteiger partial charge on any atom is -0.130 e. The Morgan fingerprint density at radius 3 is 1.78 bits per heavy atom. The molecule has 0 aliphatic rings. The Labute approximate surface area is 60.1 Å². The summed E-state index contributed by atoms with van der Waals surface area (Å²) in [5.41, 5.74) is 0.530. The molecular formula is C6H14BNP+. The average Bonchev–Trinajstić information content (AvgIpc) is 1.63. The van der Waals surface area contributed by atoms with Gasteiger partial charge in [0.1, 0.15) is 13.3 Å². The summed E-state index contributed by atoms with van der Waals surface area (Å²) in [5, 5.41) is 0. The maximum absolute atomic E-state index is 5.72. The van der Waals surface area contributed by atoms with Gasteiger partial charge in [-0.1, -0.05) is 0 Å². The summed E-state index contributed by atoms with van der Waals surface area (Å²) in [5.74, 6) is 0.